The number of anilines is 1. The second-order valence-corrected chi connectivity index (χ2v) is 9.03. The molecule has 1 heterocycles. The quantitative estimate of drug-likeness (QED) is 0.386. The van der Waals surface area contributed by atoms with Crippen LogP contribution in [0.5, 0.6) is 0 Å². The zero-order valence-corrected chi connectivity index (χ0v) is 19.6. The molecule has 1 unspecified atom stereocenters. The average Bonchev–Trinajstić information content (AvgIpc) is 2.79. The summed E-state index contributed by atoms with van der Waals surface area (Å²) in [5.74, 6) is 0. The van der Waals surface area contributed by atoms with E-state index in [4.69, 9.17) is 39.5 Å². The number of hydrogen-bond acceptors (Lipinski definition) is 3. The molecule has 6 heteroatoms. The summed E-state index contributed by atoms with van der Waals surface area (Å²) < 4.78 is 5.83. The molecule has 0 bridgehead atoms. The molecule has 0 saturated carbocycles. The smallest absolute Gasteiger partial charge is 0.0947 e. The standard InChI is InChI=1S/C25H25Cl3N2O/c1-31-25(19-5-3-2-4-6-19)17-29-13-14-30(23-12-11-21(27)15-22(23)28)24(16-29)18-7-9-20(26)10-8-18/h2-12,15,24-25H,13-14,16-17H2,1H3/t24?,25-/m0/s1. The highest BCUT2D eigenvalue weighted by Gasteiger charge is 2.31. The number of benzene rings is 3. The Bertz CT molecular complexity index is 997. The van der Waals surface area contributed by atoms with Gasteiger partial charge in [-0.25, -0.2) is 0 Å². The SMILES string of the molecule is CO[C@@H](CN1CCN(c2ccc(Cl)cc2Cl)C(c2ccc(Cl)cc2)C1)c1ccccc1. The zero-order chi connectivity index (χ0) is 21.8. The Morgan fingerprint density at radius 2 is 1.61 bits per heavy atom. The minimum Gasteiger partial charge on any atom is -0.375 e. The van der Waals surface area contributed by atoms with Crippen LogP contribution in [0.1, 0.15) is 23.3 Å². The van der Waals surface area contributed by atoms with Gasteiger partial charge in [-0.05, 0) is 41.5 Å². The molecule has 1 saturated heterocycles. The number of halogens is 3. The van der Waals surface area contributed by atoms with Crippen molar-refractivity contribution in [2.24, 2.45) is 0 Å². The number of methoxy groups -OCH3 is 1. The summed E-state index contributed by atoms with van der Waals surface area (Å²) in [6, 6.07) is 24.3. The van der Waals surface area contributed by atoms with E-state index in [2.05, 4.69) is 46.2 Å². The van der Waals surface area contributed by atoms with E-state index >= 15 is 0 Å². The molecule has 3 nitrogen and oxygen atoms in total. The van der Waals surface area contributed by atoms with E-state index in [0.29, 0.717) is 10.0 Å². The van der Waals surface area contributed by atoms with Gasteiger partial charge in [-0.2, -0.15) is 0 Å². The summed E-state index contributed by atoms with van der Waals surface area (Å²) in [6.45, 7) is 3.44. The van der Waals surface area contributed by atoms with Crippen LogP contribution in [0, 0.1) is 0 Å². The maximum absolute atomic E-state index is 6.58. The predicted octanol–water partition coefficient (Wildman–Crippen LogP) is 6.90. The van der Waals surface area contributed by atoms with Crippen molar-refractivity contribution >= 4 is 40.5 Å². The molecule has 0 amide bonds. The second-order valence-electron chi connectivity index (χ2n) is 7.75. The van der Waals surface area contributed by atoms with E-state index in [1.54, 1.807) is 13.2 Å². The molecule has 3 aromatic carbocycles. The molecule has 1 aliphatic heterocycles. The van der Waals surface area contributed by atoms with Crippen LogP contribution in [-0.2, 0) is 4.74 Å². The van der Waals surface area contributed by atoms with Gasteiger partial charge in [0.05, 0.1) is 22.9 Å². The van der Waals surface area contributed by atoms with Crippen LogP contribution in [0.3, 0.4) is 0 Å². The van der Waals surface area contributed by atoms with Crippen molar-refractivity contribution in [2.45, 2.75) is 12.1 Å². The van der Waals surface area contributed by atoms with Crippen molar-refractivity contribution in [1.29, 1.82) is 0 Å². The number of nitrogens with zero attached hydrogens (tertiary/aromatic N) is 2. The monoisotopic (exact) mass is 474 g/mol. The summed E-state index contributed by atoms with van der Waals surface area (Å²) in [4.78, 5) is 4.82. The number of ether oxygens (including phenoxy) is 1. The third kappa shape index (κ3) is 5.36. The molecule has 1 fully saturated rings. The van der Waals surface area contributed by atoms with Gasteiger partial charge in [-0.1, -0.05) is 77.3 Å². The van der Waals surface area contributed by atoms with Gasteiger partial charge in [0.25, 0.3) is 0 Å². The zero-order valence-electron chi connectivity index (χ0n) is 17.3. The van der Waals surface area contributed by atoms with Gasteiger partial charge < -0.3 is 9.64 Å². The first-order valence-electron chi connectivity index (χ1n) is 10.3. The largest absolute Gasteiger partial charge is 0.375 e. The van der Waals surface area contributed by atoms with Crippen molar-refractivity contribution < 1.29 is 4.74 Å². The number of hydrogen-bond donors (Lipinski definition) is 0. The highest BCUT2D eigenvalue weighted by molar-refractivity contribution is 6.36. The van der Waals surface area contributed by atoms with Crippen LogP contribution in [-0.4, -0.2) is 38.2 Å². The molecule has 162 valence electrons. The van der Waals surface area contributed by atoms with Gasteiger partial charge in [-0.15, -0.1) is 0 Å². The molecule has 3 aromatic rings. The second kappa shape index (κ2) is 10.2. The maximum Gasteiger partial charge on any atom is 0.0947 e. The first-order chi connectivity index (χ1) is 15.0. The van der Waals surface area contributed by atoms with Crippen LogP contribution in [0.15, 0.2) is 72.8 Å². The fourth-order valence-corrected chi connectivity index (χ4v) is 4.84. The van der Waals surface area contributed by atoms with Gasteiger partial charge >= 0.3 is 0 Å². The summed E-state index contributed by atoms with van der Waals surface area (Å²) in [5, 5.41) is 2.04. The van der Waals surface area contributed by atoms with Gasteiger partial charge in [0.2, 0.25) is 0 Å². The van der Waals surface area contributed by atoms with Gasteiger partial charge in [0, 0.05) is 43.3 Å². The van der Waals surface area contributed by atoms with E-state index in [-0.39, 0.29) is 12.1 Å². The first-order valence-corrected chi connectivity index (χ1v) is 11.5. The van der Waals surface area contributed by atoms with E-state index in [1.165, 1.54) is 11.1 Å². The molecule has 2 atom stereocenters. The van der Waals surface area contributed by atoms with Crippen molar-refractivity contribution in [2.75, 3.05) is 38.2 Å². The van der Waals surface area contributed by atoms with E-state index in [0.717, 1.165) is 36.9 Å². The minimum absolute atomic E-state index is 0.0257. The predicted molar refractivity (Wildman–Crippen MR) is 131 cm³/mol. The first kappa shape index (κ1) is 22.4. The van der Waals surface area contributed by atoms with E-state index in [9.17, 15) is 0 Å². The highest BCUT2D eigenvalue weighted by atomic mass is 35.5. The van der Waals surface area contributed by atoms with Gasteiger partial charge in [0.15, 0.2) is 0 Å². The molecule has 0 N–H and O–H groups in total. The molecule has 31 heavy (non-hydrogen) atoms. The van der Waals surface area contributed by atoms with Gasteiger partial charge in [0.1, 0.15) is 0 Å². The molecule has 0 aliphatic carbocycles. The van der Waals surface area contributed by atoms with Crippen LogP contribution >= 0.6 is 34.8 Å². The molecule has 0 aromatic heterocycles. The highest BCUT2D eigenvalue weighted by Crippen LogP contribution is 2.37. The fourth-order valence-electron chi connectivity index (χ4n) is 4.20. The molecule has 0 spiro atoms. The number of rotatable bonds is 6. The third-order valence-electron chi connectivity index (χ3n) is 5.82. The Kier molecular flexibility index (Phi) is 7.42. The number of piperazine rings is 1. The van der Waals surface area contributed by atoms with Crippen LogP contribution in [0.4, 0.5) is 5.69 Å². The van der Waals surface area contributed by atoms with Crippen molar-refractivity contribution in [3.63, 3.8) is 0 Å². The van der Waals surface area contributed by atoms with Gasteiger partial charge in [-0.3, -0.25) is 4.90 Å². The Balaban J connectivity index is 1.60. The normalized spacial score (nSPS) is 18.2. The Morgan fingerprint density at radius 1 is 0.903 bits per heavy atom. The van der Waals surface area contributed by atoms with Crippen molar-refractivity contribution in [3.05, 3.63) is 99.0 Å². The topological polar surface area (TPSA) is 15.7 Å². The lowest BCUT2D eigenvalue weighted by Crippen LogP contribution is -2.49. The Morgan fingerprint density at radius 3 is 2.29 bits per heavy atom. The molecule has 1 aliphatic rings. The lowest BCUT2D eigenvalue weighted by Gasteiger charge is -2.44. The molecule has 4 rings (SSSR count). The van der Waals surface area contributed by atoms with E-state index < -0.39 is 0 Å². The van der Waals surface area contributed by atoms with Crippen molar-refractivity contribution in [1.82, 2.24) is 4.90 Å². The third-order valence-corrected chi connectivity index (χ3v) is 6.61. The Hall–Kier alpha value is -1.75. The molecular weight excluding hydrogens is 451 g/mol. The van der Waals surface area contributed by atoms with E-state index in [1.807, 2.05) is 30.3 Å². The molecular formula is C25H25Cl3N2O. The summed E-state index contributed by atoms with van der Waals surface area (Å²) in [5.41, 5.74) is 3.39. The van der Waals surface area contributed by atoms with Crippen LogP contribution in [0.25, 0.3) is 0 Å². The molecule has 0 radical (unpaired) electrons. The summed E-state index contributed by atoms with van der Waals surface area (Å²) in [6.07, 6.45) is 0.0257. The summed E-state index contributed by atoms with van der Waals surface area (Å²) in [7, 11) is 1.78. The Labute approximate surface area is 199 Å². The fraction of sp³-hybridized carbons (Fsp3) is 0.280. The lowest BCUT2D eigenvalue weighted by molar-refractivity contribution is 0.0566. The van der Waals surface area contributed by atoms with Crippen LogP contribution in [0.2, 0.25) is 15.1 Å². The van der Waals surface area contributed by atoms with Crippen molar-refractivity contribution in [3.8, 4) is 0 Å². The average molecular weight is 476 g/mol. The minimum atomic E-state index is 0.0257. The summed E-state index contributed by atoms with van der Waals surface area (Å²) >= 11 is 18.9. The van der Waals surface area contributed by atoms with Crippen LogP contribution < -0.4 is 4.90 Å². The maximum atomic E-state index is 6.58. The lowest BCUT2D eigenvalue weighted by atomic mass is 10.00.